The molecule has 0 aliphatic rings. The number of hydrazone groups is 2. The number of carbonyl (C=O) groups excluding carboxylic acids is 2. The van der Waals surface area contributed by atoms with Gasteiger partial charge in [-0.3, -0.25) is 9.59 Å². The van der Waals surface area contributed by atoms with Crippen LogP contribution in [0.5, 0.6) is 0 Å². The van der Waals surface area contributed by atoms with Crippen molar-refractivity contribution in [2.45, 2.75) is 13.8 Å². The molecule has 2 N–H and O–H groups in total. The Balaban J connectivity index is 1.91. The van der Waals surface area contributed by atoms with Gasteiger partial charge in [-0.1, -0.05) is 0 Å². The van der Waals surface area contributed by atoms with Gasteiger partial charge in [-0.2, -0.15) is 10.2 Å². The first-order chi connectivity index (χ1) is 11.4. The summed E-state index contributed by atoms with van der Waals surface area (Å²) in [5.74, 6) is -1.76. The predicted octanol–water partition coefficient (Wildman–Crippen LogP) is 3.72. The van der Waals surface area contributed by atoms with Gasteiger partial charge in [-0.25, -0.2) is 10.9 Å². The molecule has 0 aliphatic carbocycles. The van der Waals surface area contributed by atoms with Crippen LogP contribution in [-0.4, -0.2) is 23.2 Å². The van der Waals surface area contributed by atoms with E-state index < -0.39 is 11.8 Å². The molecule has 0 aliphatic heterocycles. The van der Waals surface area contributed by atoms with Crippen molar-refractivity contribution in [3.05, 3.63) is 41.6 Å². The highest BCUT2D eigenvalue weighted by molar-refractivity contribution is 9.11. The summed E-state index contributed by atoms with van der Waals surface area (Å²) in [6.07, 6.45) is 0. The van der Waals surface area contributed by atoms with Gasteiger partial charge in [0.1, 0.15) is 0 Å². The van der Waals surface area contributed by atoms with Crippen LogP contribution in [0.3, 0.4) is 0 Å². The summed E-state index contributed by atoms with van der Waals surface area (Å²) in [4.78, 5) is 25.2. The maximum Gasteiger partial charge on any atom is 0.331 e. The van der Waals surface area contributed by atoms with Gasteiger partial charge >= 0.3 is 11.8 Å². The van der Waals surface area contributed by atoms with E-state index in [1.165, 1.54) is 22.7 Å². The van der Waals surface area contributed by atoms with Crippen LogP contribution in [0.4, 0.5) is 0 Å². The van der Waals surface area contributed by atoms with Gasteiger partial charge in [0.05, 0.1) is 28.8 Å². The maximum atomic E-state index is 11.7. The lowest BCUT2D eigenvalue weighted by Crippen LogP contribution is -2.36. The average molecular weight is 492 g/mol. The minimum atomic E-state index is -0.881. The molecule has 2 rings (SSSR count). The second-order valence-corrected chi connectivity index (χ2v) is 9.41. The first-order valence-electron chi connectivity index (χ1n) is 6.57. The van der Waals surface area contributed by atoms with Crippen molar-refractivity contribution in [2.24, 2.45) is 10.2 Å². The van der Waals surface area contributed by atoms with Crippen LogP contribution in [0.15, 0.2) is 42.0 Å². The van der Waals surface area contributed by atoms with Gasteiger partial charge < -0.3 is 0 Å². The summed E-state index contributed by atoms with van der Waals surface area (Å²) < 4.78 is 1.92. The first kappa shape index (κ1) is 19.0. The van der Waals surface area contributed by atoms with Crippen molar-refractivity contribution >= 4 is 77.8 Å². The topological polar surface area (TPSA) is 82.9 Å². The molecule has 10 heteroatoms. The van der Waals surface area contributed by atoms with Gasteiger partial charge in [0.15, 0.2) is 0 Å². The quantitative estimate of drug-likeness (QED) is 0.388. The zero-order valence-corrected chi connectivity index (χ0v) is 17.4. The Morgan fingerprint density at radius 1 is 0.833 bits per heavy atom. The molecule has 0 fully saturated rings. The lowest BCUT2D eigenvalue weighted by molar-refractivity contribution is -0.139. The fraction of sp³-hybridized carbons (Fsp3) is 0.143. The molecular weight excluding hydrogens is 480 g/mol. The number of thiophene rings is 2. The molecule has 2 heterocycles. The molecule has 24 heavy (non-hydrogen) atoms. The van der Waals surface area contributed by atoms with Gasteiger partial charge in [0.25, 0.3) is 0 Å². The number of halogens is 2. The third-order valence-electron chi connectivity index (χ3n) is 2.72. The molecule has 0 atom stereocenters. The van der Waals surface area contributed by atoms with Crippen LogP contribution < -0.4 is 10.9 Å². The van der Waals surface area contributed by atoms with Crippen molar-refractivity contribution in [1.29, 1.82) is 0 Å². The molecule has 2 aromatic rings. The molecule has 0 radical (unpaired) electrons. The zero-order chi connectivity index (χ0) is 17.7. The highest BCUT2D eigenvalue weighted by atomic mass is 79.9. The van der Waals surface area contributed by atoms with Gasteiger partial charge in [-0.05, 0) is 70.0 Å². The minimum Gasteiger partial charge on any atom is -0.262 e. The zero-order valence-electron chi connectivity index (χ0n) is 12.6. The highest BCUT2D eigenvalue weighted by Gasteiger charge is 2.13. The summed E-state index contributed by atoms with van der Waals surface area (Å²) in [5.41, 5.74) is 5.64. The van der Waals surface area contributed by atoms with E-state index in [-0.39, 0.29) is 0 Å². The third-order valence-corrected chi connectivity index (χ3v) is 6.18. The molecule has 126 valence electrons. The third kappa shape index (κ3) is 5.33. The van der Waals surface area contributed by atoms with E-state index in [1.54, 1.807) is 13.8 Å². The van der Waals surface area contributed by atoms with E-state index in [9.17, 15) is 9.59 Å². The van der Waals surface area contributed by atoms with E-state index in [1.807, 2.05) is 24.3 Å². The number of hydrogen-bond donors (Lipinski definition) is 2. The summed E-state index contributed by atoms with van der Waals surface area (Å²) >= 11 is 9.67. The van der Waals surface area contributed by atoms with Crippen LogP contribution in [0.2, 0.25) is 0 Å². The SMILES string of the molecule is C/C(=N\NC(=O)C(=O)N/N=C(\C)c1ccc(Br)s1)c1ccc(Br)s1. The molecule has 0 bridgehead atoms. The highest BCUT2D eigenvalue weighted by Crippen LogP contribution is 2.23. The van der Waals surface area contributed by atoms with Crippen LogP contribution in [0.25, 0.3) is 0 Å². The number of nitrogens with zero attached hydrogens (tertiary/aromatic N) is 2. The summed E-state index contributed by atoms with van der Waals surface area (Å²) in [5, 5.41) is 7.82. The van der Waals surface area contributed by atoms with Crippen LogP contribution in [-0.2, 0) is 9.59 Å². The largest absolute Gasteiger partial charge is 0.331 e. The fourth-order valence-electron chi connectivity index (χ4n) is 1.50. The number of hydrogen-bond acceptors (Lipinski definition) is 6. The standard InChI is InChI=1S/C14H12Br2N4O2S2/c1-7(9-3-5-11(15)23-9)17-19-13(21)14(22)20-18-8(2)10-4-6-12(16)24-10/h3-6H,1-2H3,(H,19,21)(H,20,22)/b17-7+,18-8+. The van der Waals surface area contributed by atoms with E-state index in [0.29, 0.717) is 11.4 Å². The van der Waals surface area contributed by atoms with Crippen LogP contribution in [0, 0.1) is 0 Å². The molecule has 2 aromatic heterocycles. The Labute approximate surface area is 163 Å². The van der Waals surface area contributed by atoms with Gasteiger partial charge in [0.2, 0.25) is 0 Å². The Morgan fingerprint density at radius 2 is 1.21 bits per heavy atom. The van der Waals surface area contributed by atoms with Crippen molar-refractivity contribution in [3.63, 3.8) is 0 Å². The van der Waals surface area contributed by atoms with Crippen molar-refractivity contribution in [1.82, 2.24) is 10.9 Å². The number of amides is 2. The van der Waals surface area contributed by atoms with E-state index in [2.05, 4.69) is 52.9 Å². The number of carbonyl (C=O) groups is 2. The lowest BCUT2D eigenvalue weighted by atomic mass is 10.3. The summed E-state index contributed by atoms with van der Waals surface area (Å²) in [6, 6.07) is 7.50. The molecule has 0 spiro atoms. The van der Waals surface area contributed by atoms with E-state index in [0.717, 1.165) is 17.3 Å². The lowest BCUT2D eigenvalue weighted by Gasteiger charge is -2.01. The van der Waals surface area contributed by atoms with Crippen molar-refractivity contribution < 1.29 is 9.59 Å². The molecule has 2 amide bonds. The smallest absolute Gasteiger partial charge is 0.262 e. The fourth-order valence-corrected chi connectivity index (χ4v) is 4.16. The monoisotopic (exact) mass is 490 g/mol. The van der Waals surface area contributed by atoms with Crippen LogP contribution >= 0.6 is 54.5 Å². The molecule has 0 unspecified atom stereocenters. The maximum absolute atomic E-state index is 11.7. The summed E-state index contributed by atoms with van der Waals surface area (Å²) in [7, 11) is 0. The van der Waals surface area contributed by atoms with E-state index >= 15 is 0 Å². The number of nitrogens with one attached hydrogen (secondary N) is 2. The molecule has 6 nitrogen and oxygen atoms in total. The molecule has 0 saturated heterocycles. The first-order valence-corrected chi connectivity index (χ1v) is 9.79. The molecular formula is C14H12Br2N4O2S2. The second kappa shape index (κ2) is 8.65. The van der Waals surface area contributed by atoms with Crippen molar-refractivity contribution in [2.75, 3.05) is 0 Å². The Kier molecular flexibility index (Phi) is 6.84. The Hall–Kier alpha value is -1.36. The van der Waals surface area contributed by atoms with Crippen molar-refractivity contribution in [3.8, 4) is 0 Å². The van der Waals surface area contributed by atoms with Crippen LogP contribution in [0.1, 0.15) is 23.6 Å². The number of rotatable bonds is 4. The predicted molar refractivity (Wildman–Crippen MR) is 105 cm³/mol. The Morgan fingerprint density at radius 3 is 1.50 bits per heavy atom. The molecule has 0 saturated carbocycles. The van der Waals surface area contributed by atoms with Gasteiger partial charge in [0, 0.05) is 0 Å². The normalized spacial score (nSPS) is 12.2. The summed E-state index contributed by atoms with van der Waals surface area (Å²) in [6.45, 7) is 3.49. The minimum absolute atomic E-state index is 0.606. The average Bonchev–Trinajstić information content (AvgIpc) is 3.18. The second-order valence-electron chi connectivity index (χ2n) is 4.48. The van der Waals surface area contributed by atoms with E-state index in [4.69, 9.17) is 0 Å². The van der Waals surface area contributed by atoms with Gasteiger partial charge in [-0.15, -0.1) is 22.7 Å². The Bertz CT molecular complexity index is 758. The molecule has 0 aromatic carbocycles.